The maximum Gasteiger partial charge on any atom is 0.171 e. The number of carbonyl (C=O) groups excluding carboxylic acids is 2. The SMILES string of the molecule is O=C1c2cc(I)cc(I)c2C(=O)C2C3OC(C4CCCC43)C12. The largest absolute Gasteiger partial charge is 0.373 e. The average Bonchev–Trinajstić information content (AvgIpc) is 3.14. The molecule has 1 saturated carbocycles. The van der Waals surface area contributed by atoms with Crippen LogP contribution in [0.15, 0.2) is 12.1 Å². The van der Waals surface area contributed by atoms with E-state index < -0.39 is 0 Å². The van der Waals surface area contributed by atoms with Gasteiger partial charge in [-0.1, -0.05) is 6.42 Å². The summed E-state index contributed by atoms with van der Waals surface area (Å²) in [4.78, 5) is 26.2. The van der Waals surface area contributed by atoms with Crippen LogP contribution >= 0.6 is 45.2 Å². The van der Waals surface area contributed by atoms with Crippen LogP contribution in [0.25, 0.3) is 0 Å². The Kier molecular flexibility index (Phi) is 3.10. The quantitative estimate of drug-likeness (QED) is 0.491. The molecule has 3 nitrogen and oxygen atoms in total. The molecule has 0 aromatic heterocycles. The molecule has 4 aliphatic rings. The zero-order valence-corrected chi connectivity index (χ0v) is 16.0. The van der Waals surface area contributed by atoms with Crippen LogP contribution in [-0.2, 0) is 4.74 Å². The second-order valence-electron chi connectivity index (χ2n) is 6.91. The monoisotopic (exact) mass is 520 g/mol. The van der Waals surface area contributed by atoms with Gasteiger partial charge in [0.25, 0.3) is 0 Å². The van der Waals surface area contributed by atoms with Gasteiger partial charge in [-0.3, -0.25) is 9.59 Å². The van der Waals surface area contributed by atoms with E-state index in [4.69, 9.17) is 4.74 Å². The minimum Gasteiger partial charge on any atom is -0.373 e. The number of hydrogen-bond donors (Lipinski definition) is 0. The van der Waals surface area contributed by atoms with Crippen molar-refractivity contribution in [2.24, 2.45) is 23.7 Å². The molecular weight excluding hydrogens is 506 g/mol. The van der Waals surface area contributed by atoms with Crippen LogP contribution in [0.3, 0.4) is 0 Å². The van der Waals surface area contributed by atoms with Crippen molar-refractivity contribution in [2.45, 2.75) is 31.5 Å². The molecule has 0 amide bonds. The average molecular weight is 520 g/mol. The molecule has 6 unspecified atom stereocenters. The molecule has 5 heteroatoms. The third-order valence-electron chi connectivity index (χ3n) is 6.05. The van der Waals surface area contributed by atoms with Crippen molar-refractivity contribution in [2.75, 3.05) is 0 Å². The number of hydrogen-bond acceptors (Lipinski definition) is 3. The number of ketones is 2. The molecule has 2 saturated heterocycles. The van der Waals surface area contributed by atoms with Crippen molar-refractivity contribution >= 4 is 56.7 Å². The minimum absolute atomic E-state index is 0.0115. The van der Waals surface area contributed by atoms with E-state index in [0.29, 0.717) is 23.0 Å². The van der Waals surface area contributed by atoms with E-state index in [2.05, 4.69) is 45.2 Å². The fraction of sp³-hybridized carbons (Fsp3) is 0.529. The maximum absolute atomic E-state index is 13.1. The van der Waals surface area contributed by atoms with Crippen molar-refractivity contribution in [3.05, 3.63) is 30.4 Å². The third kappa shape index (κ3) is 1.65. The van der Waals surface area contributed by atoms with Crippen LogP contribution < -0.4 is 0 Å². The minimum atomic E-state index is -0.224. The number of halogens is 2. The summed E-state index contributed by atoms with van der Waals surface area (Å²) in [6, 6.07) is 3.87. The molecule has 5 rings (SSSR count). The molecule has 2 aliphatic carbocycles. The molecular formula is C17H14I2O3. The standard InChI is InChI=1S/C17H14I2O3/c18-6-4-9-11(10(19)5-6)15(21)13-12(14(9)20)16-7-2-1-3-8(7)17(13)22-16/h4-5,7-8,12-13,16-17H,1-3H2. The Morgan fingerprint density at radius 3 is 2.27 bits per heavy atom. The zero-order chi connectivity index (χ0) is 15.2. The molecule has 0 spiro atoms. The zero-order valence-electron chi connectivity index (χ0n) is 11.7. The van der Waals surface area contributed by atoms with Crippen molar-refractivity contribution in [3.8, 4) is 0 Å². The molecule has 22 heavy (non-hydrogen) atoms. The van der Waals surface area contributed by atoms with E-state index in [1.54, 1.807) is 0 Å². The molecule has 0 N–H and O–H groups in total. The van der Waals surface area contributed by atoms with Crippen LogP contribution in [-0.4, -0.2) is 23.8 Å². The first-order valence-electron chi connectivity index (χ1n) is 7.81. The van der Waals surface area contributed by atoms with E-state index in [-0.39, 0.29) is 35.6 Å². The summed E-state index contributed by atoms with van der Waals surface area (Å²) in [6.07, 6.45) is 3.51. The van der Waals surface area contributed by atoms with Gasteiger partial charge in [0.15, 0.2) is 11.6 Å². The number of fused-ring (bicyclic) bond motifs is 9. The molecule has 3 fully saturated rings. The van der Waals surface area contributed by atoms with Gasteiger partial charge < -0.3 is 4.74 Å². The van der Waals surface area contributed by atoms with Gasteiger partial charge in [-0.25, -0.2) is 0 Å². The molecule has 2 heterocycles. The summed E-state index contributed by atoms with van der Waals surface area (Å²) >= 11 is 4.41. The Balaban J connectivity index is 1.69. The van der Waals surface area contributed by atoms with E-state index in [9.17, 15) is 9.59 Å². The first-order chi connectivity index (χ1) is 10.6. The summed E-state index contributed by atoms with van der Waals surface area (Å²) < 4.78 is 8.10. The van der Waals surface area contributed by atoms with Gasteiger partial charge in [-0.2, -0.15) is 0 Å². The van der Waals surface area contributed by atoms with E-state index in [1.807, 2.05) is 12.1 Å². The van der Waals surface area contributed by atoms with Gasteiger partial charge in [0.1, 0.15) is 0 Å². The smallest absolute Gasteiger partial charge is 0.171 e. The lowest BCUT2D eigenvalue weighted by atomic mass is 9.62. The number of benzene rings is 1. The van der Waals surface area contributed by atoms with E-state index in [1.165, 1.54) is 6.42 Å². The highest BCUT2D eigenvalue weighted by Crippen LogP contribution is 2.59. The first kappa shape index (κ1) is 14.3. The first-order valence-corrected chi connectivity index (χ1v) is 9.96. The van der Waals surface area contributed by atoms with Crippen molar-refractivity contribution in [3.63, 3.8) is 0 Å². The summed E-state index contributed by atoms with van der Waals surface area (Å²) in [6.45, 7) is 0. The van der Waals surface area contributed by atoms with E-state index in [0.717, 1.165) is 20.0 Å². The molecule has 2 bridgehead atoms. The highest BCUT2D eigenvalue weighted by Gasteiger charge is 2.66. The second-order valence-corrected chi connectivity index (χ2v) is 9.32. The summed E-state index contributed by atoms with van der Waals surface area (Å²) in [5, 5.41) is 0. The van der Waals surface area contributed by atoms with Crippen molar-refractivity contribution < 1.29 is 14.3 Å². The van der Waals surface area contributed by atoms with Gasteiger partial charge in [-0.15, -0.1) is 0 Å². The lowest BCUT2D eigenvalue weighted by molar-refractivity contribution is 0.0597. The highest BCUT2D eigenvalue weighted by atomic mass is 127. The van der Waals surface area contributed by atoms with Crippen LogP contribution in [0.5, 0.6) is 0 Å². The Morgan fingerprint density at radius 1 is 0.955 bits per heavy atom. The number of carbonyl (C=O) groups is 2. The normalized spacial score (nSPS) is 41.5. The lowest BCUT2D eigenvalue weighted by Crippen LogP contribution is -2.48. The van der Waals surface area contributed by atoms with Crippen LogP contribution in [0.4, 0.5) is 0 Å². The fourth-order valence-electron chi connectivity index (χ4n) is 5.32. The number of rotatable bonds is 0. The number of Topliss-reactive ketones (excluding diaryl/α,β-unsaturated/α-hetero) is 2. The van der Waals surface area contributed by atoms with Crippen LogP contribution in [0, 0.1) is 30.8 Å². The van der Waals surface area contributed by atoms with Gasteiger partial charge in [-0.05, 0) is 82.0 Å². The Morgan fingerprint density at radius 2 is 1.59 bits per heavy atom. The Labute approximate surface area is 155 Å². The lowest BCUT2D eigenvalue weighted by Gasteiger charge is -2.36. The molecule has 0 radical (unpaired) electrons. The topological polar surface area (TPSA) is 43.4 Å². The highest BCUT2D eigenvalue weighted by molar-refractivity contribution is 14.1. The molecule has 1 aromatic carbocycles. The number of ether oxygens (including phenoxy) is 1. The summed E-state index contributed by atoms with van der Waals surface area (Å²) in [5.74, 6) is 0.862. The van der Waals surface area contributed by atoms with Crippen molar-refractivity contribution in [1.29, 1.82) is 0 Å². The fourth-order valence-corrected chi connectivity index (χ4v) is 7.43. The predicted octanol–water partition coefficient (Wildman–Crippen LogP) is 3.70. The predicted molar refractivity (Wildman–Crippen MR) is 97.0 cm³/mol. The van der Waals surface area contributed by atoms with Gasteiger partial charge in [0, 0.05) is 18.3 Å². The Bertz CT molecular complexity index is 729. The van der Waals surface area contributed by atoms with Gasteiger partial charge >= 0.3 is 0 Å². The maximum atomic E-state index is 13.1. The molecule has 2 aliphatic heterocycles. The van der Waals surface area contributed by atoms with Crippen molar-refractivity contribution in [1.82, 2.24) is 0 Å². The van der Waals surface area contributed by atoms with Crippen LogP contribution in [0.2, 0.25) is 0 Å². The molecule has 1 aromatic rings. The van der Waals surface area contributed by atoms with Gasteiger partial charge in [0.2, 0.25) is 0 Å². The summed E-state index contributed by atoms with van der Waals surface area (Å²) in [7, 11) is 0. The molecule has 6 atom stereocenters. The second kappa shape index (κ2) is 4.75. The Hall–Kier alpha value is -0.0200. The molecule has 114 valence electrons. The van der Waals surface area contributed by atoms with Crippen LogP contribution in [0.1, 0.15) is 40.0 Å². The van der Waals surface area contributed by atoms with Gasteiger partial charge in [0.05, 0.1) is 24.0 Å². The third-order valence-corrected chi connectivity index (χ3v) is 7.52. The van der Waals surface area contributed by atoms with E-state index >= 15 is 0 Å². The summed E-state index contributed by atoms with van der Waals surface area (Å²) in [5.41, 5.74) is 1.28.